The summed E-state index contributed by atoms with van der Waals surface area (Å²) in [6.45, 7) is 10.8. The second-order valence-corrected chi connectivity index (χ2v) is 7.88. The van der Waals surface area contributed by atoms with E-state index in [9.17, 15) is 5.11 Å². The van der Waals surface area contributed by atoms with Crippen LogP contribution in [0, 0.1) is 6.92 Å². The molecule has 1 aromatic carbocycles. The summed E-state index contributed by atoms with van der Waals surface area (Å²) >= 11 is 0. The molecule has 0 aliphatic heterocycles. The van der Waals surface area contributed by atoms with Gasteiger partial charge in [0, 0.05) is 30.5 Å². The molecule has 1 N–H and O–H groups in total. The second-order valence-electron chi connectivity index (χ2n) is 7.88. The van der Waals surface area contributed by atoms with Gasteiger partial charge in [-0.25, -0.2) is 4.98 Å². The Labute approximate surface area is 180 Å². The molecule has 3 aromatic rings. The number of rotatable bonds is 11. The van der Waals surface area contributed by atoms with Crippen molar-refractivity contribution < 1.29 is 9.84 Å². The number of unbranched alkanes of at least 4 members (excludes halogenated alkanes) is 2. The van der Waals surface area contributed by atoms with Gasteiger partial charge in [-0.2, -0.15) is 0 Å². The molecule has 0 bridgehead atoms. The van der Waals surface area contributed by atoms with E-state index in [4.69, 9.17) is 4.74 Å². The van der Waals surface area contributed by atoms with Crippen LogP contribution in [0.3, 0.4) is 0 Å². The average molecular weight is 410 g/mol. The summed E-state index contributed by atoms with van der Waals surface area (Å²) in [7, 11) is 0. The van der Waals surface area contributed by atoms with Gasteiger partial charge in [0.1, 0.15) is 5.75 Å². The lowest BCUT2D eigenvalue weighted by atomic mass is 10.1. The van der Waals surface area contributed by atoms with E-state index in [1.807, 2.05) is 35.7 Å². The zero-order chi connectivity index (χ0) is 21.5. The van der Waals surface area contributed by atoms with Crippen LogP contribution >= 0.6 is 0 Å². The molecule has 0 amide bonds. The predicted molar refractivity (Wildman–Crippen MR) is 123 cm³/mol. The van der Waals surface area contributed by atoms with Crippen molar-refractivity contribution in [1.29, 1.82) is 0 Å². The van der Waals surface area contributed by atoms with Gasteiger partial charge in [0.2, 0.25) is 0 Å². The molecule has 5 nitrogen and oxygen atoms in total. The van der Waals surface area contributed by atoms with Gasteiger partial charge < -0.3 is 14.2 Å². The Morgan fingerprint density at radius 2 is 1.70 bits per heavy atom. The summed E-state index contributed by atoms with van der Waals surface area (Å²) < 4.78 is 8.30. The summed E-state index contributed by atoms with van der Waals surface area (Å²) in [4.78, 5) is 7.13. The van der Waals surface area contributed by atoms with Gasteiger partial charge in [0.05, 0.1) is 5.69 Å². The number of pyridine rings is 1. The van der Waals surface area contributed by atoms with Crippen molar-refractivity contribution >= 4 is 5.65 Å². The van der Waals surface area contributed by atoms with Crippen LogP contribution in [0.2, 0.25) is 0 Å². The normalized spacial score (nSPS) is 12.6. The van der Waals surface area contributed by atoms with E-state index in [0.717, 1.165) is 42.2 Å². The number of nitrogens with zero attached hydrogens (tertiary/aromatic N) is 3. The van der Waals surface area contributed by atoms with Crippen LogP contribution in [0.4, 0.5) is 0 Å². The number of aromatic nitrogens is 2. The van der Waals surface area contributed by atoms with E-state index in [1.165, 1.54) is 25.7 Å². The molecular weight excluding hydrogens is 374 g/mol. The quantitative estimate of drug-likeness (QED) is 0.393. The van der Waals surface area contributed by atoms with Gasteiger partial charge in [-0.15, -0.1) is 0 Å². The zero-order valence-electron chi connectivity index (χ0n) is 18.8. The molecule has 2 heterocycles. The van der Waals surface area contributed by atoms with Crippen LogP contribution in [0.25, 0.3) is 16.9 Å². The van der Waals surface area contributed by atoms with Crippen molar-refractivity contribution in [2.24, 2.45) is 0 Å². The van der Waals surface area contributed by atoms with Crippen molar-refractivity contribution in [3.8, 4) is 22.8 Å². The molecule has 162 valence electrons. The highest BCUT2D eigenvalue weighted by Gasteiger charge is 2.18. The number of imidazole rings is 1. The molecule has 0 aliphatic rings. The maximum atomic E-state index is 10.1. The zero-order valence-corrected chi connectivity index (χ0v) is 18.8. The average Bonchev–Trinajstić information content (AvgIpc) is 3.11. The lowest BCUT2D eigenvalue weighted by molar-refractivity contribution is 0.0202. The number of aromatic hydroxyl groups is 1. The van der Waals surface area contributed by atoms with E-state index >= 15 is 0 Å². The van der Waals surface area contributed by atoms with Crippen LogP contribution in [0.5, 0.6) is 11.5 Å². The first-order valence-corrected chi connectivity index (χ1v) is 11.3. The summed E-state index contributed by atoms with van der Waals surface area (Å²) in [5.41, 5.74) is 3.48. The van der Waals surface area contributed by atoms with Crippen LogP contribution in [0.1, 0.15) is 58.6 Å². The van der Waals surface area contributed by atoms with Gasteiger partial charge in [0.25, 0.3) is 0 Å². The molecular formula is C25H35N3O2. The number of ether oxygens (including phenoxy) is 1. The van der Waals surface area contributed by atoms with Gasteiger partial charge in [-0.3, -0.25) is 4.90 Å². The fourth-order valence-corrected chi connectivity index (χ4v) is 3.83. The lowest BCUT2D eigenvalue weighted by Crippen LogP contribution is -2.40. The number of benzene rings is 1. The van der Waals surface area contributed by atoms with Crippen LogP contribution in [-0.4, -0.2) is 38.7 Å². The molecule has 0 fully saturated rings. The molecule has 0 saturated heterocycles. The van der Waals surface area contributed by atoms with E-state index < -0.39 is 0 Å². The van der Waals surface area contributed by atoms with Gasteiger partial charge in [-0.1, -0.05) is 33.6 Å². The van der Waals surface area contributed by atoms with Crippen molar-refractivity contribution in [3.63, 3.8) is 0 Å². The Balaban J connectivity index is 1.77. The van der Waals surface area contributed by atoms with Crippen molar-refractivity contribution in [3.05, 3.63) is 48.3 Å². The Morgan fingerprint density at radius 3 is 2.27 bits per heavy atom. The number of fused-ring (bicyclic) bond motifs is 1. The molecule has 30 heavy (non-hydrogen) atoms. The minimum absolute atomic E-state index is 0.0998. The highest BCUT2D eigenvalue weighted by Crippen LogP contribution is 2.29. The van der Waals surface area contributed by atoms with Crippen molar-refractivity contribution in [1.82, 2.24) is 14.3 Å². The number of hydrogen-bond donors (Lipinski definition) is 1. The van der Waals surface area contributed by atoms with Crippen LogP contribution in [-0.2, 0) is 0 Å². The third-order valence-corrected chi connectivity index (χ3v) is 5.62. The third kappa shape index (κ3) is 4.96. The van der Waals surface area contributed by atoms with Crippen molar-refractivity contribution in [2.45, 2.75) is 66.0 Å². The Morgan fingerprint density at radius 1 is 1.03 bits per heavy atom. The minimum Gasteiger partial charge on any atom is -0.504 e. The number of hydrogen-bond acceptors (Lipinski definition) is 4. The van der Waals surface area contributed by atoms with E-state index in [0.29, 0.717) is 5.65 Å². The van der Waals surface area contributed by atoms with E-state index in [1.54, 1.807) is 6.07 Å². The molecule has 1 atom stereocenters. The first kappa shape index (κ1) is 22.2. The van der Waals surface area contributed by atoms with Gasteiger partial charge in [0.15, 0.2) is 17.6 Å². The molecule has 1 unspecified atom stereocenters. The largest absolute Gasteiger partial charge is 0.504 e. The SMILES string of the molecule is CCCCN(CCCC)C(CC)Oc1ccc(-c2nc3c(O)cccn3c2C)cc1. The lowest BCUT2D eigenvalue weighted by Gasteiger charge is -2.31. The van der Waals surface area contributed by atoms with Gasteiger partial charge in [-0.05, 0) is 62.6 Å². The second kappa shape index (κ2) is 10.5. The van der Waals surface area contributed by atoms with E-state index in [2.05, 4.69) is 42.8 Å². The Kier molecular flexibility index (Phi) is 7.75. The molecule has 2 aromatic heterocycles. The molecule has 5 heteroatoms. The van der Waals surface area contributed by atoms with Gasteiger partial charge >= 0.3 is 0 Å². The molecule has 0 radical (unpaired) electrons. The van der Waals surface area contributed by atoms with Crippen LogP contribution in [0.15, 0.2) is 42.6 Å². The van der Waals surface area contributed by atoms with Crippen LogP contribution < -0.4 is 4.74 Å². The fraction of sp³-hybridized carbons (Fsp3) is 0.480. The standard InChI is InChI=1S/C25H35N3O2/c1-5-8-16-27(17-9-6-2)23(7-3)30-21-14-12-20(13-15-21)24-19(4)28-18-10-11-22(29)25(28)26-24/h10-15,18,23,29H,5-9,16-17H2,1-4H3. The monoisotopic (exact) mass is 409 g/mol. The molecule has 0 saturated carbocycles. The molecule has 0 spiro atoms. The first-order chi connectivity index (χ1) is 14.6. The minimum atomic E-state index is 0.0998. The maximum Gasteiger partial charge on any atom is 0.180 e. The highest BCUT2D eigenvalue weighted by molar-refractivity contribution is 5.69. The number of aryl methyl sites for hydroxylation is 1. The highest BCUT2D eigenvalue weighted by atomic mass is 16.5. The summed E-state index contributed by atoms with van der Waals surface area (Å²) in [5, 5.41) is 10.1. The predicted octanol–water partition coefficient (Wildman–Crippen LogP) is 6.03. The van der Waals surface area contributed by atoms with Crippen molar-refractivity contribution in [2.75, 3.05) is 13.1 Å². The summed E-state index contributed by atoms with van der Waals surface area (Å²) in [5.74, 6) is 1.07. The summed E-state index contributed by atoms with van der Waals surface area (Å²) in [6, 6.07) is 11.6. The fourth-order valence-electron chi connectivity index (χ4n) is 3.83. The Bertz CT molecular complexity index is 925. The summed E-state index contributed by atoms with van der Waals surface area (Å²) in [6.07, 6.45) is 7.77. The first-order valence-electron chi connectivity index (χ1n) is 11.3. The molecule has 3 rings (SSSR count). The van der Waals surface area contributed by atoms with E-state index in [-0.39, 0.29) is 12.0 Å². The smallest absolute Gasteiger partial charge is 0.180 e. The Hall–Kier alpha value is -2.53. The topological polar surface area (TPSA) is 50.0 Å². The maximum absolute atomic E-state index is 10.1. The third-order valence-electron chi connectivity index (χ3n) is 5.62. The molecule has 0 aliphatic carbocycles.